The second-order valence-corrected chi connectivity index (χ2v) is 9.16. The number of fused-ring (bicyclic) bond motifs is 1. The predicted octanol–water partition coefficient (Wildman–Crippen LogP) is 7.07. The molecule has 3 heterocycles. The summed E-state index contributed by atoms with van der Waals surface area (Å²) < 4.78 is 21.3. The van der Waals surface area contributed by atoms with Crippen molar-refractivity contribution in [2.75, 3.05) is 18.1 Å². The van der Waals surface area contributed by atoms with Crippen molar-refractivity contribution in [2.45, 2.75) is 46.5 Å². The molecule has 0 bridgehead atoms. The zero-order chi connectivity index (χ0) is 25.1. The highest BCUT2D eigenvalue weighted by Gasteiger charge is 2.25. The maximum atomic E-state index is 13.6. The Hall–Kier alpha value is -3.87. The number of hydrogen-bond donors (Lipinski definition) is 0. The third-order valence-electron chi connectivity index (χ3n) is 6.53. The highest BCUT2D eigenvalue weighted by molar-refractivity contribution is 5.92. The van der Waals surface area contributed by atoms with Crippen molar-refractivity contribution in [3.05, 3.63) is 89.5 Å². The van der Waals surface area contributed by atoms with Crippen LogP contribution in [0.1, 0.15) is 50.8 Å². The van der Waals surface area contributed by atoms with E-state index in [0.29, 0.717) is 0 Å². The van der Waals surface area contributed by atoms with Crippen LogP contribution in [0.3, 0.4) is 0 Å². The van der Waals surface area contributed by atoms with E-state index in [-0.39, 0.29) is 5.82 Å². The molecule has 0 unspecified atom stereocenters. The highest BCUT2D eigenvalue weighted by Crippen LogP contribution is 2.35. The predicted molar refractivity (Wildman–Crippen MR) is 142 cm³/mol. The monoisotopic (exact) mass is 485 g/mol. The van der Waals surface area contributed by atoms with E-state index >= 15 is 0 Å². The van der Waals surface area contributed by atoms with Crippen LogP contribution in [0.2, 0.25) is 0 Å². The molecule has 0 radical (unpaired) electrons. The smallest absolute Gasteiger partial charge is 0.191 e. The first-order valence-electron chi connectivity index (χ1n) is 12.7. The summed E-state index contributed by atoms with van der Waals surface area (Å²) in [5.41, 5.74) is 7.18. The van der Waals surface area contributed by atoms with Crippen molar-refractivity contribution < 1.29 is 8.91 Å². The van der Waals surface area contributed by atoms with Gasteiger partial charge in [-0.3, -0.25) is 10.0 Å². The second-order valence-electron chi connectivity index (χ2n) is 9.16. The Morgan fingerprint density at radius 2 is 1.97 bits per heavy atom. The largest absolute Gasteiger partial charge is 0.354 e. The van der Waals surface area contributed by atoms with Gasteiger partial charge in [0.25, 0.3) is 0 Å². The van der Waals surface area contributed by atoms with Crippen LogP contribution < -0.4 is 5.01 Å². The lowest BCUT2D eigenvalue weighted by molar-refractivity contribution is 0.292. The molecule has 1 aliphatic rings. The van der Waals surface area contributed by atoms with Crippen molar-refractivity contribution in [2.24, 2.45) is 0 Å². The molecular formula is C29H32FN5O. The number of nitrogens with zero attached hydrogens (tertiary/aromatic N) is 5. The summed E-state index contributed by atoms with van der Waals surface area (Å²) >= 11 is 0. The molecular weight excluding hydrogens is 453 g/mol. The third kappa shape index (κ3) is 4.65. The zero-order valence-corrected chi connectivity index (χ0v) is 21.1. The van der Waals surface area contributed by atoms with E-state index in [0.717, 1.165) is 72.4 Å². The lowest BCUT2D eigenvalue weighted by Gasteiger charge is -2.43. The van der Waals surface area contributed by atoms with Crippen molar-refractivity contribution in [3.63, 3.8) is 0 Å². The van der Waals surface area contributed by atoms with E-state index in [1.807, 2.05) is 29.8 Å². The molecule has 5 rings (SSSR count). The van der Waals surface area contributed by atoms with Gasteiger partial charge >= 0.3 is 0 Å². The summed E-state index contributed by atoms with van der Waals surface area (Å²) in [6.07, 6.45) is 14.1. The minimum Gasteiger partial charge on any atom is -0.354 e. The van der Waals surface area contributed by atoms with E-state index < -0.39 is 0 Å². The van der Waals surface area contributed by atoms with Crippen LogP contribution in [0.4, 0.5) is 10.1 Å². The average molecular weight is 486 g/mol. The molecule has 2 aromatic carbocycles. The first-order valence-corrected chi connectivity index (χ1v) is 12.7. The van der Waals surface area contributed by atoms with Crippen molar-refractivity contribution in [1.29, 1.82) is 0 Å². The molecule has 0 atom stereocenters. The van der Waals surface area contributed by atoms with Gasteiger partial charge in [-0.1, -0.05) is 31.1 Å². The zero-order valence-electron chi connectivity index (χ0n) is 21.1. The first kappa shape index (κ1) is 23.9. The maximum absolute atomic E-state index is 13.6. The minimum atomic E-state index is -0.217. The van der Waals surface area contributed by atoms with Gasteiger partial charge in [-0.05, 0) is 80.2 Å². The van der Waals surface area contributed by atoms with E-state index in [1.54, 1.807) is 12.5 Å². The van der Waals surface area contributed by atoms with Crippen molar-refractivity contribution >= 4 is 22.7 Å². The van der Waals surface area contributed by atoms with E-state index in [9.17, 15) is 4.39 Å². The van der Waals surface area contributed by atoms with Crippen LogP contribution in [-0.4, -0.2) is 32.8 Å². The van der Waals surface area contributed by atoms with Crippen molar-refractivity contribution in [3.8, 4) is 5.69 Å². The summed E-state index contributed by atoms with van der Waals surface area (Å²) in [6, 6.07) is 11.0. The van der Waals surface area contributed by atoms with E-state index in [4.69, 9.17) is 4.52 Å². The number of halogens is 1. The molecule has 1 fully saturated rings. The molecule has 0 aliphatic carbocycles. The summed E-state index contributed by atoms with van der Waals surface area (Å²) in [6.45, 7) is 8.08. The Morgan fingerprint density at radius 3 is 2.69 bits per heavy atom. The molecule has 186 valence electrons. The van der Waals surface area contributed by atoms with Gasteiger partial charge in [0.1, 0.15) is 5.82 Å². The molecule has 0 N–H and O–H groups in total. The average Bonchev–Trinajstić information content (AvgIpc) is 3.54. The van der Waals surface area contributed by atoms with Gasteiger partial charge in [0.2, 0.25) is 0 Å². The SMILES string of the molecule is CCC=C1C(=Cc2ccc(-n3cnc(C)c3)c3oncc23)CCCN1N(CCC)c1ccc(F)cc1. The molecule has 4 aromatic rings. The van der Waals surface area contributed by atoms with Gasteiger partial charge < -0.3 is 9.09 Å². The molecule has 1 saturated heterocycles. The Kier molecular flexibility index (Phi) is 6.89. The number of imidazole rings is 1. The number of rotatable bonds is 7. The molecule has 36 heavy (non-hydrogen) atoms. The van der Waals surface area contributed by atoms with Crippen LogP contribution >= 0.6 is 0 Å². The summed E-state index contributed by atoms with van der Waals surface area (Å²) in [7, 11) is 0. The molecule has 7 heteroatoms. The fourth-order valence-electron chi connectivity index (χ4n) is 4.91. The van der Waals surface area contributed by atoms with Crippen LogP contribution in [-0.2, 0) is 0 Å². The van der Waals surface area contributed by atoms with Gasteiger partial charge in [0.05, 0.1) is 40.7 Å². The van der Waals surface area contributed by atoms with E-state index in [1.165, 1.54) is 23.4 Å². The fraction of sp³-hybridized carbons (Fsp3) is 0.310. The highest BCUT2D eigenvalue weighted by atomic mass is 19.1. The molecule has 0 spiro atoms. The topological polar surface area (TPSA) is 50.3 Å². The molecule has 1 aliphatic heterocycles. The Morgan fingerprint density at radius 1 is 1.14 bits per heavy atom. The number of aromatic nitrogens is 3. The number of hydrogen-bond acceptors (Lipinski definition) is 5. The minimum absolute atomic E-state index is 0.217. The Balaban J connectivity index is 1.54. The van der Waals surface area contributed by atoms with Crippen LogP contribution in [0, 0.1) is 12.7 Å². The first-order chi connectivity index (χ1) is 17.6. The van der Waals surface area contributed by atoms with E-state index in [2.05, 4.69) is 58.3 Å². The Labute approximate surface area is 211 Å². The number of aryl methyl sites for hydroxylation is 1. The third-order valence-corrected chi connectivity index (χ3v) is 6.53. The molecule has 0 amide bonds. The van der Waals surface area contributed by atoms with Gasteiger partial charge in [0, 0.05) is 19.3 Å². The summed E-state index contributed by atoms with van der Waals surface area (Å²) in [5, 5.41) is 9.74. The van der Waals surface area contributed by atoms with Gasteiger partial charge in [0.15, 0.2) is 5.58 Å². The van der Waals surface area contributed by atoms with Gasteiger partial charge in [-0.15, -0.1) is 0 Å². The number of piperidine rings is 1. The van der Waals surface area contributed by atoms with Gasteiger partial charge in [-0.2, -0.15) is 0 Å². The number of allylic oxidation sites excluding steroid dienone is 2. The van der Waals surface area contributed by atoms with Crippen LogP contribution in [0.5, 0.6) is 0 Å². The summed E-state index contributed by atoms with van der Waals surface area (Å²) in [4.78, 5) is 4.35. The molecule has 6 nitrogen and oxygen atoms in total. The maximum Gasteiger partial charge on any atom is 0.191 e. The number of benzene rings is 2. The fourth-order valence-corrected chi connectivity index (χ4v) is 4.91. The van der Waals surface area contributed by atoms with Crippen molar-refractivity contribution in [1.82, 2.24) is 19.7 Å². The summed E-state index contributed by atoms with van der Waals surface area (Å²) in [5.74, 6) is -0.217. The van der Waals surface area contributed by atoms with Gasteiger partial charge in [-0.25, -0.2) is 9.37 Å². The molecule has 2 aromatic heterocycles. The Bertz CT molecular complexity index is 1400. The lowest BCUT2D eigenvalue weighted by atomic mass is 9.96. The quantitative estimate of drug-likeness (QED) is 0.280. The van der Waals surface area contributed by atoms with Crippen LogP contribution in [0.15, 0.2) is 77.0 Å². The second kappa shape index (κ2) is 10.4. The standard InChI is InChI=1S/C29H32FN5O/c1-4-7-27-23(8-6-16-35(27)34(15-5-2)25-12-10-24(30)11-13-25)17-22-9-14-28(29-26(22)18-32-36-29)33-19-21(3)31-20-33/h7,9-14,17-20H,4-6,8,15-16H2,1-3H3. The number of anilines is 1. The normalized spacial score (nSPS) is 16.4. The molecule has 0 saturated carbocycles. The lowest BCUT2D eigenvalue weighted by Crippen LogP contribution is -2.45. The number of hydrazine groups is 1. The van der Waals surface area contributed by atoms with Crippen LogP contribution in [0.25, 0.3) is 22.7 Å².